The van der Waals surface area contributed by atoms with Crippen molar-refractivity contribution in [2.75, 3.05) is 0 Å². The maximum Gasteiger partial charge on any atom is 0.387 e. The van der Waals surface area contributed by atoms with Gasteiger partial charge in [0.2, 0.25) is 0 Å². The van der Waals surface area contributed by atoms with Gasteiger partial charge in [-0.1, -0.05) is 121 Å². The van der Waals surface area contributed by atoms with Gasteiger partial charge in [-0.3, -0.25) is 4.52 Å². The number of fused-ring (bicyclic) bond motifs is 9. The van der Waals surface area contributed by atoms with Gasteiger partial charge in [-0.2, -0.15) is 0 Å². The summed E-state index contributed by atoms with van der Waals surface area (Å²) >= 11 is 0. The first kappa shape index (κ1) is 26.5. The highest BCUT2D eigenvalue weighted by Gasteiger charge is 2.52. The van der Waals surface area contributed by atoms with E-state index in [9.17, 15) is 0 Å². The summed E-state index contributed by atoms with van der Waals surface area (Å²) in [5.74, 6) is 1.17. The molecule has 7 aromatic rings. The predicted octanol–water partition coefficient (Wildman–Crippen LogP) is 10.3. The van der Waals surface area contributed by atoms with E-state index in [1.807, 2.05) is 0 Å². The van der Waals surface area contributed by atoms with Crippen molar-refractivity contribution in [3.8, 4) is 0 Å². The van der Waals surface area contributed by atoms with E-state index in [1.165, 1.54) is 40.6 Å². The highest BCUT2D eigenvalue weighted by molar-refractivity contribution is 7.73. The van der Waals surface area contributed by atoms with Crippen molar-refractivity contribution in [2.24, 2.45) is 11.8 Å². The van der Waals surface area contributed by atoms with Gasteiger partial charge >= 0.3 is 8.24 Å². The van der Waals surface area contributed by atoms with Crippen LogP contribution in [0, 0.1) is 11.8 Å². The first-order valence-corrected chi connectivity index (χ1v) is 18.1. The highest BCUT2D eigenvalue weighted by Crippen LogP contribution is 2.59. The van der Waals surface area contributed by atoms with Crippen molar-refractivity contribution in [2.45, 2.75) is 31.0 Å². The molecule has 2 aliphatic rings. The lowest BCUT2D eigenvalue weighted by Crippen LogP contribution is -2.39. The second-order valence-electron chi connectivity index (χ2n) is 12.2. The number of hydrogen-bond donors (Lipinski definition) is 0. The van der Waals surface area contributed by atoms with E-state index in [1.54, 1.807) is 0 Å². The Morgan fingerprint density at radius 1 is 0.545 bits per heavy atom. The van der Waals surface area contributed by atoms with Crippen molar-refractivity contribution in [3.05, 3.63) is 133 Å². The van der Waals surface area contributed by atoms with E-state index in [4.69, 9.17) is 12.9 Å². The summed E-state index contributed by atoms with van der Waals surface area (Å²) < 4.78 is 20.8. The van der Waals surface area contributed by atoms with E-state index >= 15 is 0 Å². The van der Waals surface area contributed by atoms with E-state index in [0.717, 1.165) is 32.7 Å². The minimum absolute atomic E-state index is 0.0808. The molecule has 216 valence electrons. The minimum Gasteiger partial charge on any atom is -0.399 e. The van der Waals surface area contributed by atoms with Gasteiger partial charge in [0.1, 0.15) is 11.2 Å². The van der Waals surface area contributed by atoms with Crippen LogP contribution in [0.4, 0.5) is 0 Å². The Morgan fingerprint density at radius 3 is 1.61 bits per heavy atom. The van der Waals surface area contributed by atoms with E-state index in [-0.39, 0.29) is 6.10 Å². The molecule has 2 bridgehead atoms. The van der Waals surface area contributed by atoms with Gasteiger partial charge in [0, 0.05) is 16.4 Å². The molecule has 3 nitrogen and oxygen atoms in total. The summed E-state index contributed by atoms with van der Waals surface area (Å²) in [5, 5.41) is 9.71. The van der Waals surface area contributed by atoms with Gasteiger partial charge in [0.25, 0.3) is 0 Å². The molecule has 0 saturated heterocycles. The maximum absolute atomic E-state index is 7.18. The summed E-state index contributed by atoms with van der Waals surface area (Å²) in [6.07, 6.45) is 3.79. The Bertz CT molecular complexity index is 2040. The van der Waals surface area contributed by atoms with E-state index < -0.39 is 16.2 Å². The lowest BCUT2D eigenvalue weighted by Gasteiger charge is -2.36. The fraction of sp³-hybridized carbons (Fsp3) is 0.179. The molecule has 0 N–H and O–H groups in total. The molecule has 4 atom stereocenters. The van der Waals surface area contributed by atoms with Crippen LogP contribution in [-0.4, -0.2) is 11.8 Å². The first-order valence-electron chi connectivity index (χ1n) is 15.6. The SMILES string of the molecule is c1ccc(P(c2ccccc2)C2C3CCC(C3)C2Op2oc3ccc4ccccc4c3c3c(ccc4ccccc43)o2)cc1. The molecule has 4 unspecified atom stereocenters. The van der Waals surface area contributed by atoms with E-state index in [0.29, 0.717) is 17.5 Å². The molecule has 5 heteroatoms. The molecule has 2 aliphatic carbocycles. The molecule has 1 aromatic heterocycles. The van der Waals surface area contributed by atoms with Gasteiger partial charge in [-0.05, 0) is 83.3 Å². The lowest BCUT2D eigenvalue weighted by molar-refractivity contribution is 0.187. The van der Waals surface area contributed by atoms with Crippen LogP contribution < -0.4 is 15.1 Å². The Labute approximate surface area is 258 Å². The van der Waals surface area contributed by atoms with Crippen molar-refractivity contribution in [1.29, 1.82) is 0 Å². The Balaban J connectivity index is 1.24. The van der Waals surface area contributed by atoms with Crippen LogP contribution in [0.1, 0.15) is 19.3 Å². The summed E-state index contributed by atoms with van der Waals surface area (Å²) in [4.78, 5) is 0. The van der Waals surface area contributed by atoms with Gasteiger partial charge in [0.15, 0.2) is 0 Å². The first-order chi connectivity index (χ1) is 21.8. The summed E-state index contributed by atoms with van der Waals surface area (Å²) in [5.41, 5.74) is 2.08. The molecule has 0 amide bonds. The summed E-state index contributed by atoms with van der Waals surface area (Å²) in [7, 11) is -2.30. The molecular formula is C39H32O3P2. The normalized spacial score (nSPS) is 21.2. The van der Waals surface area contributed by atoms with Crippen molar-refractivity contribution < 1.29 is 12.9 Å². The number of benzene rings is 6. The zero-order valence-electron chi connectivity index (χ0n) is 24.3. The molecule has 9 rings (SSSR count). The fourth-order valence-corrected chi connectivity index (χ4v) is 12.5. The van der Waals surface area contributed by atoms with Crippen LogP contribution in [0.2, 0.25) is 0 Å². The lowest BCUT2D eigenvalue weighted by atomic mass is 9.97. The smallest absolute Gasteiger partial charge is 0.387 e. The third kappa shape index (κ3) is 4.41. The predicted molar refractivity (Wildman–Crippen MR) is 185 cm³/mol. The van der Waals surface area contributed by atoms with Gasteiger partial charge in [0.05, 0.1) is 6.10 Å². The second-order valence-corrected chi connectivity index (χ2v) is 15.6. The van der Waals surface area contributed by atoms with Crippen LogP contribution in [0.25, 0.3) is 43.5 Å². The number of rotatable bonds is 5. The average molecular weight is 611 g/mol. The van der Waals surface area contributed by atoms with Crippen LogP contribution in [0.15, 0.2) is 142 Å². The molecule has 0 spiro atoms. The van der Waals surface area contributed by atoms with Crippen LogP contribution in [0.5, 0.6) is 0 Å². The van der Waals surface area contributed by atoms with Gasteiger partial charge in [-0.15, -0.1) is 0 Å². The van der Waals surface area contributed by atoms with Crippen molar-refractivity contribution >= 4 is 70.3 Å². The molecule has 2 fully saturated rings. The summed E-state index contributed by atoms with van der Waals surface area (Å²) in [6, 6.07) is 47.9. The Hall–Kier alpha value is -3.87. The summed E-state index contributed by atoms with van der Waals surface area (Å²) in [6.45, 7) is 0. The molecule has 44 heavy (non-hydrogen) atoms. The molecular weight excluding hydrogens is 578 g/mol. The third-order valence-electron chi connectivity index (χ3n) is 9.75. The molecule has 0 radical (unpaired) electrons. The van der Waals surface area contributed by atoms with Crippen LogP contribution >= 0.6 is 16.2 Å². The number of hydrogen-bond acceptors (Lipinski definition) is 3. The standard InChI is InChI=1S/C39H32O3P2/c1-3-13-30(14-4-1)43(31-15-5-2-6-16-31)39-29-20-19-28(25-29)38(39)42-44-40-34-23-21-26-11-7-9-17-32(26)36(34)37-33-18-10-8-12-27(33)22-24-35(37)41-44/h1-18,21-24,28-29,38-39H,19-20,25H2. The molecule has 0 aliphatic heterocycles. The van der Waals surface area contributed by atoms with Crippen molar-refractivity contribution in [1.82, 2.24) is 0 Å². The van der Waals surface area contributed by atoms with Crippen LogP contribution in [-0.2, 0) is 0 Å². The fourth-order valence-electron chi connectivity index (χ4n) is 7.88. The topological polar surface area (TPSA) is 35.5 Å². The second kappa shape index (κ2) is 10.9. The third-order valence-corrected chi connectivity index (χ3v) is 13.9. The van der Waals surface area contributed by atoms with Gasteiger partial charge in [-0.25, -0.2) is 0 Å². The minimum atomic E-state index is -1.68. The van der Waals surface area contributed by atoms with Crippen LogP contribution in [0.3, 0.4) is 0 Å². The van der Waals surface area contributed by atoms with Crippen molar-refractivity contribution in [3.63, 3.8) is 0 Å². The average Bonchev–Trinajstić information content (AvgIpc) is 3.64. The highest BCUT2D eigenvalue weighted by atomic mass is 31.1. The molecule has 2 saturated carbocycles. The monoisotopic (exact) mass is 610 g/mol. The van der Waals surface area contributed by atoms with E-state index in [2.05, 4.69) is 133 Å². The molecule has 6 aromatic carbocycles. The zero-order chi connectivity index (χ0) is 29.0. The maximum atomic E-state index is 7.18. The Kier molecular flexibility index (Phi) is 6.59. The quantitative estimate of drug-likeness (QED) is 0.182. The van der Waals surface area contributed by atoms with Gasteiger partial charge < -0.3 is 8.39 Å². The zero-order valence-corrected chi connectivity index (χ0v) is 26.0. The molecule has 1 heterocycles. The Morgan fingerprint density at radius 2 is 1.05 bits per heavy atom. The largest absolute Gasteiger partial charge is 0.399 e.